The van der Waals surface area contributed by atoms with E-state index in [4.69, 9.17) is 8.85 Å². The lowest BCUT2D eigenvalue weighted by atomic mass is 10.5. The molecule has 98 valence electrons. The molecule has 5 heteroatoms. The van der Waals surface area contributed by atoms with Crippen molar-refractivity contribution in [2.75, 3.05) is 6.54 Å². The molecule has 0 aromatic carbocycles. The van der Waals surface area contributed by atoms with Crippen LogP contribution in [-0.2, 0) is 8.85 Å². The molecule has 1 heterocycles. The number of allylic oxidation sites excluding steroid dienone is 2. The zero-order valence-corrected chi connectivity index (χ0v) is 13.7. The zero-order valence-electron chi connectivity index (χ0n) is 11.7. The molecular formula is C12H25NO2Si2. The Morgan fingerprint density at radius 1 is 1.06 bits per heavy atom. The maximum absolute atomic E-state index is 6.03. The van der Waals surface area contributed by atoms with Crippen molar-refractivity contribution in [3.63, 3.8) is 0 Å². The van der Waals surface area contributed by atoms with Gasteiger partial charge in [-0.05, 0) is 26.8 Å². The van der Waals surface area contributed by atoms with Crippen molar-refractivity contribution >= 4 is 17.0 Å². The third-order valence-electron chi connectivity index (χ3n) is 2.87. The van der Waals surface area contributed by atoms with Crippen LogP contribution >= 0.6 is 0 Å². The first kappa shape index (κ1) is 14.5. The highest BCUT2D eigenvalue weighted by Gasteiger charge is 2.56. The van der Waals surface area contributed by atoms with Crippen LogP contribution in [0.25, 0.3) is 0 Å². The van der Waals surface area contributed by atoms with Gasteiger partial charge in [-0.25, -0.2) is 0 Å². The fourth-order valence-corrected chi connectivity index (χ4v) is 10.4. The van der Waals surface area contributed by atoms with Crippen LogP contribution in [0, 0.1) is 0 Å². The lowest BCUT2D eigenvalue weighted by Gasteiger charge is -2.39. The Hall–Kier alpha value is -0.526. The van der Waals surface area contributed by atoms with Crippen LogP contribution in [0.3, 0.4) is 0 Å². The third kappa shape index (κ3) is 3.46. The highest BCUT2D eigenvalue weighted by Crippen LogP contribution is 2.33. The lowest BCUT2D eigenvalue weighted by molar-refractivity contribution is 0.263. The molecule has 0 saturated carbocycles. The van der Waals surface area contributed by atoms with E-state index in [0.29, 0.717) is 0 Å². The zero-order chi connectivity index (χ0) is 12.9. The summed E-state index contributed by atoms with van der Waals surface area (Å²) >= 11 is 0. The third-order valence-corrected chi connectivity index (χ3v) is 10.8. The van der Waals surface area contributed by atoms with Gasteiger partial charge in [0.05, 0.1) is 12.5 Å². The van der Waals surface area contributed by atoms with Crippen LogP contribution in [0.5, 0.6) is 0 Å². The predicted octanol–water partition coefficient (Wildman–Crippen LogP) is 3.57. The smallest absolute Gasteiger partial charge is 0.508 e. The predicted molar refractivity (Wildman–Crippen MR) is 77.0 cm³/mol. The van der Waals surface area contributed by atoms with Crippen molar-refractivity contribution in [1.29, 1.82) is 0 Å². The summed E-state index contributed by atoms with van der Waals surface area (Å²) in [6, 6.07) is 1.06. The van der Waals surface area contributed by atoms with Crippen LogP contribution in [0.2, 0.25) is 25.7 Å². The summed E-state index contributed by atoms with van der Waals surface area (Å²) in [6.45, 7) is 12.2. The van der Waals surface area contributed by atoms with Crippen molar-refractivity contribution in [2.24, 2.45) is 0 Å². The van der Waals surface area contributed by atoms with E-state index in [0.717, 1.165) is 12.6 Å². The van der Waals surface area contributed by atoms with Gasteiger partial charge in [-0.15, -0.1) is 0 Å². The quantitative estimate of drug-likeness (QED) is 0.564. The lowest BCUT2D eigenvalue weighted by Crippen LogP contribution is -2.62. The maximum Gasteiger partial charge on any atom is 0.547 e. The normalized spacial score (nSPS) is 27.1. The van der Waals surface area contributed by atoms with Crippen LogP contribution < -0.4 is 0 Å². The van der Waals surface area contributed by atoms with Gasteiger partial charge in [0.2, 0.25) is 0 Å². The molecule has 1 saturated heterocycles. The fourth-order valence-electron chi connectivity index (χ4n) is 2.23. The van der Waals surface area contributed by atoms with E-state index < -0.39 is 17.0 Å². The van der Waals surface area contributed by atoms with Gasteiger partial charge in [-0.1, -0.05) is 31.8 Å². The first-order valence-electron chi connectivity index (χ1n) is 6.32. The van der Waals surface area contributed by atoms with Gasteiger partial charge in [0.1, 0.15) is 8.24 Å². The average molecular weight is 272 g/mol. The van der Waals surface area contributed by atoms with E-state index in [1.54, 1.807) is 12.5 Å². The second-order valence-corrected chi connectivity index (χ2v) is 13.6. The maximum atomic E-state index is 6.03. The molecule has 0 amide bonds. The number of hydrogen-bond acceptors (Lipinski definition) is 3. The van der Waals surface area contributed by atoms with Gasteiger partial charge in [0, 0.05) is 6.04 Å². The fraction of sp³-hybridized carbons (Fsp3) is 0.667. The molecule has 0 aliphatic carbocycles. The summed E-state index contributed by atoms with van der Waals surface area (Å²) in [5.41, 5.74) is 0. The Morgan fingerprint density at radius 2 is 1.59 bits per heavy atom. The number of hydrogen-bond donors (Lipinski definition) is 0. The second kappa shape index (κ2) is 5.88. The van der Waals surface area contributed by atoms with Crippen molar-refractivity contribution in [3.8, 4) is 0 Å². The van der Waals surface area contributed by atoms with Crippen molar-refractivity contribution in [2.45, 2.75) is 46.0 Å². The summed E-state index contributed by atoms with van der Waals surface area (Å²) in [6.07, 6.45) is 8.66. The monoisotopic (exact) mass is 271 g/mol. The summed E-state index contributed by atoms with van der Waals surface area (Å²) in [5.74, 6) is 0. The first-order chi connectivity index (χ1) is 7.96. The van der Waals surface area contributed by atoms with Crippen molar-refractivity contribution in [1.82, 2.24) is 4.23 Å². The Kier molecular flexibility index (Phi) is 5.03. The molecule has 0 atom stereocenters. The van der Waals surface area contributed by atoms with E-state index in [1.165, 1.54) is 6.42 Å². The molecular weight excluding hydrogens is 246 g/mol. The van der Waals surface area contributed by atoms with Crippen molar-refractivity contribution in [3.05, 3.63) is 24.7 Å². The largest absolute Gasteiger partial charge is 0.547 e. The van der Waals surface area contributed by atoms with E-state index in [-0.39, 0.29) is 0 Å². The van der Waals surface area contributed by atoms with Gasteiger partial charge in [-0.3, -0.25) is 4.23 Å². The highest BCUT2D eigenvalue weighted by molar-refractivity contribution is 6.86. The Labute approximate surface area is 108 Å². The van der Waals surface area contributed by atoms with Crippen LogP contribution in [0.4, 0.5) is 0 Å². The van der Waals surface area contributed by atoms with Gasteiger partial charge in [-0.2, -0.15) is 0 Å². The topological polar surface area (TPSA) is 21.7 Å². The SMILES string of the molecule is CC=CO[Si]1(OC=CC)CCCN1[Si](C)(C)C. The molecule has 0 N–H and O–H groups in total. The molecule has 1 aliphatic heterocycles. The molecule has 17 heavy (non-hydrogen) atoms. The Bertz CT molecular complexity index is 283. The molecule has 0 aromatic rings. The minimum atomic E-state index is -2.22. The Morgan fingerprint density at radius 3 is 2.00 bits per heavy atom. The van der Waals surface area contributed by atoms with Gasteiger partial charge < -0.3 is 8.85 Å². The molecule has 1 rings (SSSR count). The van der Waals surface area contributed by atoms with E-state index in [2.05, 4.69) is 23.9 Å². The Balaban J connectivity index is 2.94. The number of rotatable bonds is 5. The number of nitrogens with zero attached hydrogens (tertiary/aromatic N) is 1. The minimum Gasteiger partial charge on any atom is -0.508 e. The van der Waals surface area contributed by atoms with Crippen LogP contribution in [0.15, 0.2) is 24.7 Å². The van der Waals surface area contributed by atoms with Crippen LogP contribution in [-0.4, -0.2) is 27.7 Å². The van der Waals surface area contributed by atoms with E-state index >= 15 is 0 Å². The van der Waals surface area contributed by atoms with E-state index in [9.17, 15) is 0 Å². The molecule has 0 spiro atoms. The molecule has 0 bridgehead atoms. The molecule has 0 radical (unpaired) electrons. The van der Waals surface area contributed by atoms with E-state index in [1.807, 2.05) is 26.0 Å². The first-order valence-corrected chi connectivity index (χ1v) is 11.7. The minimum absolute atomic E-state index is 1.06. The molecule has 0 aromatic heterocycles. The summed E-state index contributed by atoms with van der Waals surface area (Å²) in [7, 11) is -3.60. The molecule has 0 unspecified atom stereocenters. The van der Waals surface area contributed by atoms with Gasteiger partial charge >= 0.3 is 8.72 Å². The van der Waals surface area contributed by atoms with Gasteiger partial charge in [0.15, 0.2) is 0 Å². The molecule has 1 fully saturated rings. The molecule has 3 nitrogen and oxygen atoms in total. The van der Waals surface area contributed by atoms with Gasteiger partial charge in [0.25, 0.3) is 0 Å². The average Bonchev–Trinajstić information content (AvgIpc) is 2.68. The highest BCUT2D eigenvalue weighted by atomic mass is 28.4. The molecule has 1 aliphatic rings. The van der Waals surface area contributed by atoms with Crippen LogP contribution in [0.1, 0.15) is 20.3 Å². The summed E-state index contributed by atoms with van der Waals surface area (Å²) in [4.78, 5) is 0. The summed E-state index contributed by atoms with van der Waals surface area (Å²) < 4.78 is 14.6. The van der Waals surface area contributed by atoms with Crippen molar-refractivity contribution < 1.29 is 8.85 Å². The second-order valence-electron chi connectivity index (χ2n) is 5.31. The standard InChI is InChI=1S/C12H25NO2Si2/c1-6-10-14-17(15-11-7-2)12-8-9-13(17)16(3,4)5/h6-7,10-11H,8-9,12H2,1-5H3. The summed E-state index contributed by atoms with van der Waals surface area (Å²) in [5, 5.41) is 0.